The number of hydrogen-bond donors (Lipinski definition) is 0. The first-order valence-electron chi connectivity index (χ1n) is 9.64. The third-order valence-corrected chi connectivity index (χ3v) is 5.82. The summed E-state index contributed by atoms with van der Waals surface area (Å²) in [5.74, 6) is 1.50. The fraction of sp³-hybridized carbons (Fsp3) is 0.360. The summed E-state index contributed by atoms with van der Waals surface area (Å²) in [4.78, 5) is 4.68. The van der Waals surface area contributed by atoms with E-state index >= 15 is 0 Å². The van der Waals surface area contributed by atoms with Gasteiger partial charge in [0.15, 0.2) is 0 Å². The fourth-order valence-corrected chi connectivity index (χ4v) is 4.45. The van der Waals surface area contributed by atoms with Crippen LogP contribution in [-0.2, 0) is 17.9 Å². The van der Waals surface area contributed by atoms with E-state index in [4.69, 9.17) is 0 Å². The van der Waals surface area contributed by atoms with Gasteiger partial charge in [0.05, 0.1) is 0 Å². The van der Waals surface area contributed by atoms with Gasteiger partial charge in [0.25, 0.3) is 0 Å². The van der Waals surface area contributed by atoms with Gasteiger partial charge in [-0.25, -0.2) is 0 Å². The number of hydrogen-bond acceptors (Lipinski definition) is 1. The topological polar surface area (TPSA) is 12.9 Å². The summed E-state index contributed by atoms with van der Waals surface area (Å²) in [6.45, 7) is 6.64. The van der Waals surface area contributed by atoms with Gasteiger partial charge in [0.2, 0.25) is 0 Å². The third kappa shape index (κ3) is 5.03. The van der Waals surface area contributed by atoms with E-state index in [9.17, 15) is 0 Å². The van der Waals surface area contributed by atoms with Gasteiger partial charge in [0, 0.05) is 6.20 Å². The molecule has 0 aliphatic heterocycles. The number of benzene rings is 2. The first kappa shape index (κ1) is 23.1. The van der Waals surface area contributed by atoms with E-state index < -0.39 is 0 Å². The van der Waals surface area contributed by atoms with Crippen molar-refractivity contribution in [1.29, 1.82) is 0 Å². The van der Waals surface area contributed by atoms with Crippen LogP contribution in [0.3, 0.4) is 0 Å². The first-order chi connectivity index (χ1) is 13.1. The van der Waals surface area contributed by atoms with Crippen molar-refractivity contribution >= 4 is 20.4 Å². The van der Waals surface area contributed by atoms with Gasteiger partial charge in [0.1, 0.15) is 0 Å². The summed E-state index contributed by atoms with van der Waals surface area (Å²) in [6.07, 6.45) is 7.52. The quantitative estimate of drug-likeness (QED) is 0.293. The van der Waals surface area contributed by atoms with Crippen LogP contribution in [0.25, 0.3) is 22.0 Å². The second-order valence-corrected chi connectivity index (χ2v) is 7.73. The fourth-order valence-electron chi connectivity index (χ4n) is 4.45. The molecule has 1 atom stereocenters. The minimum atomic E-state index is 0. The van der Waals surface area contributed by atoms with Crippen LogP contribution in [0.2, 0.25) is 0 Å². The van der Waals surface area contributed by atoms with Crippen molar-refractivity contribution in [2.45, 2.75) is 52.4 Å². The zero-order valence-electron chi connectivity index (χ0n) is 17.2. The van der Waals surface area contributed by atoms with Gasteiger partial charge in [-0.15, -0.1) is 34.9 Å². The number of aromatic nitrogens is 1. The Bertz CT molecular complexity index is 895. The number of rotatable bonds is 3. The van der Waals surface area contributed by atoms with Crippen LogP contribution < -0.4 is 0 Å². The molecule has 0 amide bonds. The molecular formula is C25H29ClIrN. The number of nitrogens with zero attached hydrogens (tertiary/aromatic N) is 1. The Kier molecular flexibility index (Phi) is 8.68. The maximum atomic E-state index is 4.68. The molecule has 3 heteroatoms. The van der Waals surface area contributed by atoms with Gasteiger partial charge in [-0.3, -0.25) is 0 Å². The number of halogens is 1. The predicted octanol–water partition coefficient (Wildman–Crippen LogP) is 7.75. The molecule has 1 heterocycles. The minimum absolute atomic E-state index is 0. The molecule has 150 valence electrons. The van der Waals surface area contributed by atoms with Crippen molar-refractivity contribution in [3.8, 4) is 11.3 Å². The number of fused-ring (bicyclic) bond motifs is 1. The van der Waals surface area contributed by atoms with Crippen molar-refractivity contribution in [1.82, 2.24) is 4.98 Å². The summed E-state index contributed by atoms with van der Waals surface area (Å²) in [5.41, 5.74) is 6.04. The standard InChI is InChI=1S/C24H26N.CH3.ClH.Ir/c1-16-12-17(2)14-22(13-16)24-23-9-8-20(15-21(23)10-11-25-24)18(3)19-6-4-5-7-19;;;/h8-13,15,18-19H,4-7H2,1-3H3;1H3;1H;/q2*-1;;+3/p-1. The molecule has 1 aliphatic rings. The van der Waals surface area contributed by atoms with Crippen molar-refractivity contribution < 1.29 is 17.9 Å². The molecule has 28 heavy (non-hydrogen) atoms. The zero-order chi connectivity index (χ0) is 19.4. The molecule has 1 aliphatic carbocycles. The van der Waals surface area contributed by atoms with E-state index in [1.807, 2.05) is 6.20 Å². The Morgan fingerprint density at radius 1 is 1.07 bits per heavy atom. The van der Waals surface area contributed by atoms with Crippen LogP contribution in [0.5, 0.6) is 0 Å². The third-order valence-electron chi connectivity index (χ3n) is 5.82. The Balaban J connectivity index is 0.000000906. The number of pyridine rings is 1. The molecule has 2 aromatic carbocycles. The Hall–Kier alpha value is -1.21. The van der Waals surface area contributed by atoms with Crippen LogP contribution in [0.1, 0.15) is 55.2 Å². The van der Waals surface area contributed by atoms with Gasteiger partial charge in [-0.1, -0.05) is 51.8 Å². The van der Waals surface area contributed by atoms with Crippen LogP contribution in [0, 0.1) is 33.3 Å². The van der Waals surface area contributed by atoms with E-state index in [-0.39, 0.29) is 7.43 Å². The van der Waals surface area contributed by atoms with E-state index in [1.165, 1.54) is 71.0 Å². The molecule has 1 nitrogen and oxygen atoms in total. The summed E-state index contributed by atoms with van der Waals surface area (Å²) >= 11 is 1.47. The van der Waals surface area contributed by atoms with Crippen LogP contribution in [-0.4, -0.2) is 4.98 Å². The zero-order valence-corrected chi connectivity index (χ0v) is 20.3. The van der Waals surface area contributed by atoms with Crippen LogP contribution >= 0.6 is 9.58 Å². The molecule has 4 rings (SSSR count). The van der Waals surface area contributed by atoms with Crippen LogP contribution in [0.4, 0.5) is 0 Å². The summed E-state index contributed by atoms with van der Waals surface area (Å²) in [7, 11) is 4.64. The molecule has 0 radical (unpaired) electrons. The van der Waals surface area contributed by atoms with Crippen LogP contribution in [0.15, 0.2) is 42.6 Å². The first-order valence-corrected chi connectivity index (χ1v) is 12.6. The van der Waals surface area contributed by atoms with Gasteiger partial charge in [-0.2, -0.15) is 0 Å². The van der Waals surface area contributed by atoms with E-state index in [0.717, 1.165) is 17.2 Å². The summed E-state index contributed by atoms with van der Waals surface area (Å²) in [6, 6.07) is 16.9. The molecule has 3 aromatic rings. The molecular weight excluding hydrogens is 542 g/mol. The Morgan fingerprint density at radius 2 is 1.79 bits per heavy atom. The average Bonchev–Trinajstić information content (AvgIpc) is 3.22. The second kappa shape index (κ2) is 10.5. The molecule has 1 fully saturated rings. The molecule has 0 N–H and O–H groups in total. The SMILES string of the molecule is Cc1[c-]c(-c2nccc3cc(C(C)C4CCCC4)ccc23)cc(C)c1.[CH3-].[Cl][Ir+2]. The summed E-state index contributed by atoms with van der Waals surface area (Å²) in [5, 5.41) is 2.52. The molecule has 0 saturated heterocycles. The van der Waals surface area contributed by atoms with Gasteiger partial charge < -0.3 is 12.4 Å². The van der Waals surface area contributed by atoms with Crippen molar-refractivity contribution in [2.24, 2.45) is 5.92 Å². The maximum absolute atomic E-state index is 4.68. The van der Waals surface area contributed by atoms with Crippen molar-refractivity contribution in [3.05, 3.63) is 72.8 Å². The van der Waals surface area contributed by atoms with E-state index in [2.05, 4.69) is 77.8 Å². The number of aryl methyl sites for hydroxylation is 2. The van der Waals surface area contributed by atoms with Gasteiger partial charge in [-0.05, 0) is 52.8 Å². The molecule has 0 spiro atoms. The molecule has 0 bridgehead atoms. The van der Waals surface area contributed by atoms with Gasteiger partial charge >= 0.3 is 27.5 Å². The molecule has 1 saturated carbocycles. The monoisotopic (exact) mass is 571 g/mol. The normalized spacial score (nSPS) is 14.9. The molecule has 1 aromatic heterocycles. The second-order valence-electron chi connectivity index (χ2n) is 7.73. The van der Waals surface area contributed by atoms with Crippen molar-refractivity contribution in [2.75, 3.05) is 0 Å². The average molecular weight is 571 g/mol. The van der Waals surface area contributed by atoms with Crippen molar-refractivity contribution in [3.63, 3.8) is 0 Å². The van der Waals surface area contributed by atoms with E-state index in [1.54, 1.807) is 0 Å². The van der Waals surface area contributed by atoms with E-state index in [0.29, 0.717) is 5.92 Å². The summed E-state index contributed by atoms with van der Waals surface area (Å²) < 4.78 is 0. The predicted molar refractivity (Wildman–Crippen MR) is 118 cm³/mol. The molecule has 1 unspecified atom stereocenters. The Morgan fingerprint density at radius 3 is 2.46 bits per heavy atom. The Labute approximate surface area is 185 Å².